The second-order valence-corrected chi connectivity index (χ2v) is 7.43. The first kappa shape index (κ1) is 20.8. The van der Waals surface area contributed by atoms with Gasteiger partial charge in [-0.2, -0.15) is 0 Å². The molecule has 0 saturated carbocycles. The van der Waals surface area contributed by atoms with Gasteiger partial charge in [0.1, 0.15) is 0 Å². The molecule has 1 heterocycles. The zero-order chi connectivity index (χ0) is 17.5. The van der Waals surface area contributed by atoms with Crippen LogP contribution in [0, 0.1) is 0 Å². The fraction of sp³-hybridized carbons (Fsp3) is 0.571. The van der Waals surface area contributed by atoms with E-state index < -0.39 is 0 Å². The molecule has 1 aliphatic heterocycles. The third-order valence-electron chi connectivity index (χ3n) is 3.90. The molecule has 0 bridgehead atoms. The highest BCUT2D eigenvalue weighted by Crippen LogP contribution is 2.45. The van der Waals surface area contributed by atoms with Crippen molar-refractivity contribution in [2.24, 2.45) is 0 Å². The molecule has 0 aromatic carbocycles. The molecule has 0 spiro atoms. The summed E-state index contributed by atoms with van der Waals surface area (Å²) in [6, 6.07) is 0. The summed E-state index contributed by atoms with van der Waals surface area (Å²) in [5.74, 6) is -0.0988. The molecule has 0 radical (unpaired) electrons. The summed E-state index contributed by atoms with van der Waals surface area (Å²) < 4.78 is 4.65. The third kappa shape index (κ3) is 11.3. The van der Waals surface area contributed by atoms with Crippen LogP contribution < -0.4 is 0 Å². The Bertz CT molecular complexity index is 449. The van der Waals surface area contributed by atoms with Crippen molar-refractivity contribution in [3.05, 3.63) is 48.6 Å². The van der Waals surface area contributed by atoms with Crippen LogP contribution in [0.1, 0.15) is 58.3 Å². The number of esters is 1. The topological polar surface area (TPSA) is 26.3 Å². The summed E-state index contributed by atoms with van der Waals surface area (Å²) in [6.07, 6.45) is 26.1. The quantitative estimate of drug-likeness (QED) is 0.134. The predicted molar refractivity (Wildman–Crippen MR) is 106 cm³/mol. The minimum Gasteiger partial charge on any atom is -0.469 e. The third-order valence-corrected chi connectivity index (χ3v) is 5.27. The van der Waals surface area contributed by atoms with Gasteiger partial charge in [0, 0.05) is 16.9 Å². The van der Waals surface area contributed by atoms with E-state index in [9.17, 15) is 4.79 Å². The molecule has 1 rings (SSSR count). The molecular weight excluding hydrogens is 316 g/mol. The normalized spacial score (nSPS) is 20.8. The van der Waals surface area contributed by atoms with Gasteiger partial charge < -0.3 is 4.74 Å². The van der Waals surface area contributed by atoms with E-state index in [4.69, 9.17) is 0 Å². The number of allylic oxidation sites excluding steroid dienone is 7. The highest BCUT2D eigenvalue weighted by atomic mass is 32.2. The van der Waals surface area contributed by atoms with Gasteiger partial charge in [-0.3, -0.25) is 4.79 Å². The summed E-state index contributed by atoms with van der Waals surface area (Å²) >= 11 is 1.98. The van der Waals surface area contributed by atoms with Crippen molar-refractivity contribution < 1.29 is 9.53 Å². The summed E-state index contributed by atoms with van der Waals surface area (Å²) in [5.41, 5.74) is 0. The van der Waals surface area contributed by atoms with Crippen LogP contribution in [0.5, 0.6) is 0 Å². The lowest BCUT2D eigenvalue weighted by Gasteiger charge is -1.97. The van der Waals surface area contributed by atoms with Crippen LogP contribution >= 0.6 is 11.8 Å². The van der Waals surface area contributed by atoms with Crippen molar-refractivity contribution in [3.8, 4) is 0 Å². The Morgan fingerprint density at radius 1 is 1.04 bits per heavy atom. The Morgan fingerprint density at radius 3 is 2.67 bits per heavy atom. The van der Waals surface area contributed by atoms with Gasteiger partial charge >= 0.3 is 5.97 Å². The number of hydrogen-bond acceptors (Lipinski definition) is 3. The van der Waals surface area contributed by atoms with Gasteiger partial charge in [0.2, 0.25) is 0 Å². The molecule has 1 aliphatic rings. The molecule has 2 unspecified atom stereocenters. The van der Waals surface area contributed by atoms with Crippen LogP contribution in [-0.4, -0.2) is 23.6 Å². The van der Waals surface area contributed by atoms with E-state index in [1.165, 1.54) is 32.8 Å². The molecule has 2 nitrogen and oxygen atoms in total. The molecule has 0 aliphatic carbocycles. The maximum atomic E-state index is 11.0. The Labute approximate surface area is 152 Å². The summed E-state index contributed by atoms with van der Waals surface area (Å²) in [5, 5.41) is 1.31. The summed E-state index contributed by atoms with van der Waals surface area (Å²) in [4.78, 5) is 11.0. The number of ether oxygens (including phenoxy) is 1. The molecular formula is C21H32O2S. The molecule has 24 heavy (non-hydrogen) atoms. The lowest BCUT2D eigenvalue weighted by Crippen LogP contribution is -2.00. The number of methoxy groups -OCH3 is 1. The van der Waals surface area contributed by atoms with Crippen LogP contribution in [0.4, 0.5) is 0 Å². The number of hydrogen-bond donors (Lipinski definition) is 0. The Hall–Kier alpha value is -1.22. The van der Waals surface area contributed by atoms with Gasteiger partial charge in [-0.1, -0.05) is 68.4 Å². The molecule has 1 fully saturated rings. The zero-order valence-electron chi connectivity index (χ0n) is 15.2. The number of rotatable bonds is 13. The van der Waals surface area contributed by atoms with Crippen LogP contribution in [0.25, 0.3) is 0 Å². The second-order valence-electron chi connectivity index (χ2n) is 6.01. The molecule has 0 aromatic heterocycles. The van der Waals surface area contributed by atoms with Crippen molar-refractivity contribution >= 4 is 17.7 Å². The first-order valence-corrected chi connectivity index (χ1v) is 10.1. The van der Waals surface area contributed by atoms with E-state index in [0.29, 0.717) is 16.9 Å². The summed E-state index contributed by atoms with van der Waals surface area (Å²) in [6.45, 7) is 2.24. The van der Waals surface area contributed by atoms with E-state index in [2.05, 4.69) is 60.3 Å². The lowest BCUT2D eigenvalue weighted by atomic mass is 10.1. The largest absolute Gasteiger partial charge is 0.469 e. The average Bonchev–Trinajstić information content (AvgIpc) is 3.34. The van der Waals surface area contributed by atoms with Crippen LogP contribution in [0.3, 0.4) is 0 Å². The highest BCUT2D eigenvalue weighted by molar-refractivity contribution is 8.07. The van der Waals surface area contributed by atoms with Gasteiger partial charge in [0.25, 0.3) is 0 Å². The van der Waals surface area contributed by atoms with Crippen molar-refractivity contribution in [2.45, 2.75) is 68.8 Å². The van der Waals surface area contributed by atoms with E-state index in [1.807, 2.05) is 11.8 Å². The second kappa shape index (κ2) is 14.2. The highest BCUT2D eigenvalue weighted by Gasteiger charge is 2.34. The van der Waals surface area contributed by atoms with Crippen molar-refractivity contribution in [3.63, 3.8) is 0 Å². The smallest absolute Gasteiger partial charge is 0.305 e. The SMILES string of the molecule is CCCCC/C=C\C\C=C/C=C/C=C/C1SC1CCCC(=O)OC. The van der Waals surface area contributed by atoms with E-state index in [-0.39, 0.29) is 5.97 Å². The molecule has 3 heteroatoms. The molecule has 134 valence electrons. The first-order chi connectivity index (χ1) is 11.8. The first-order valence-electron chi connectivity index (χ1n) is 9.15. The van der Waals surface area contributed by atoms with Crippen molar-refractivity contribution in [2.75, 3.05) is 7.11 Å². The lowest BCUT2D eigenvalue weighted by molar-refractivity contribution is -0.140. The molecule has 2 atom stereocenters. The summed E-state index contributed by atoms with van der Waals surface area (Å²) in [7, 11) is 1.45. The van der Waals surface area contributed by atoms with E-state index in [1.54, 1.807) is 0 Å². The number of carbonyl (C=O) groups excluding carboxylic acids is 1. The van der Waals surface area contributed by atoms with Crippen LogP contribution in [0.15, 0.2) is 48.6 Å². The van der Waals surface area contributed by atoms with Gasteiger partial charge in [-0.15, -0.1) is 11.8 Å². The monoisotopic (exact) mass is 348 g/mol. The van der Waals surface area contributed by atoms with Crippen LogP contribution in [0.2, 0.25) is 0 Å². The number of unbranched alkanes of at least 4 members (excludes halogenated alkanes) is 3. The van der Waals surface area contributed by atoms with E-state index in [0.717, 1.165) is 19.3 Å². The molecule has 0 amide bonds. The molecule has 0 aromatic rings. The van der Waals surface area contributed by atoms with Crippen molar-refractivity contribution in [1.29, 1.82) is 0 Å². The van der Waals surface area contributed by atoms with Crippen molar-refractivity contribution in [1.82, 2.24) is 0 Å². The maximum Gasteiger partial charge on any atom is 0.305 e. The molecule has 1 saturated heterocycles. The zero-order valence-corrected chi connectivity index (χ0v) is 16.0. The van der Waals surface area contributed by atoms with Gasteiger partial charge in [0.15, 0.2) is 0 Å². The minimum absolute atomic E-state index is 0.0988. The minimum atomic E-state index is -0.0988. The van der Waals surface area contributed by atoms with Gasteiger partial charge in [-0.25, -0.2) is 0 Å². The Kier molecular flexibility index (Phi) is 12.3. The fourth-order valence-electron chi connectivity index (χ4n) is 2.37. The van der Waals surface area contributed by atoms with Crippen LogP contribution in [-0.2, 0) is 9.53 Å². The number of carbonyl (C=O) groups is 1. The predicted octanol–water partition coefficient (Wildman–Crippen LogP) is 6.01. The standard InChI is InChI=1S/C21H32O2S/c1-3-4-5-6-7-8-9-10-11-12-13-14-16-19-20(24-19)17-15-18-21(22)23-2/h7-8,10-14,16,19-20H,3-6,9,15,17-18H2,1-2H3/b8-7-,11-10-,13-12+,16-14+. The Balaban J connectivity index is 2.00. The average molecular weight is 349 g/mol. The van der Waals surface area contributed by atoms with E-state index >= 15 is 0 Å². The number of thioether (sulfide) groups is 1. The fourth-order valence-corrected chi connectivity index (χ4v) is 3.40. The molecule has 0 N–H and O–H groups in total. The Morgan fingerprint density at radius 2 is 1.88 bits per heavy atom. The van der Waals surface area contributed by atoms with Gasteiger partial charge in [-0.05, 0) is 32.1 Å². The maximum absolute atomic E-state index is 11.0. The van der Waals surface area contributed by atoms with Gasteiger partial charge in [0.05, 0.1) is 7.11 Å².